The van der Waals surface area contributed by atoms with Crippen LogP contribution in [0.3, 0.4) is 0 Å². The third kappa shape index (κ3) is 4.29. The fourth-order valence-electron chi connectivity index (χ4n) is 1.26. The standard InChI is InChI=1S/C12H17NO5S/c1-8(14)10-7-9(13(15)16)11(19-10)18-6-5-12(2,3)17-4/h7H,5-6H2,1-4H3. The van der Waals surface area contributed by atoms with Crippen molar-refractivity contribution in [2.75, 3.05) is 13.7 Å². The van der Waals surface area contributed by atoms with Gasteiger partial charge in [-0.1, -0.05) is 11.3 Å². The average molecular weight is 287 g/mol. The summed E-state index contributed by atoms with van der Waals surface area (Å²) >= 11 is 1.000. The second kappa shape index (κ2) is 6.12. The molecule has 0 aliphatic carbocycles. The lowest BCUT2D eigenvalue weighted by atomic mass is 10.1. The molecule has 1 aromatic rings. The highest BCUT2D eigenvalue weighted by Gasteiger charge is 2.23. The molecule has 0 aromatic carbocycles. The smallest absolute Gasteiger partial charge is 0.323 e. The van der Waals surface area contributed by atoms with Gasteiger partial charge in [0.25, 0.3) is 5.06 Å². The molecule has 0 N–H and O–H groups in total. The molecule has 0 aliphatic rings. The first-order valence-electron chi connectivity index (χ1n) is 5.74. The number of rotatable bonds is 7. The van der Waals surface area contributed by atoms with Crippen molar-refractivity contribution in [3.63, 3.8) is 0 Å². The number of ketones is 1. The molecule has 0 saturated heterocycles. The summed E-state index contributed by atoms with van der Waals surface area (Å²) in [7, 11) is 1.60. The van der Waals surface area contributed by atoms with Gasteiger partial charge in [0.15, 0.2) is 5.78 Å². The summed E-state index contributed by atoms with van der Waals surface area (Å²) in [5.41, 5.74) is -0.513. The molecule has 106 valence electrons. The highest BCUT2D eigenvalue weighted by atomic mass is 32.1. The normalized spacial score (nSPS) is 11.4. The minimum Gasteiger partial charge on any atom is -0.479 e. The summed E-state index contributed by atoms with van der Waals surface area (Å²) < 4.78 is 10.6. The van der Waals surface area contributed by atoms with Gasteiger partial charge in [-0.25, -0.2) is 0 Å². The molecule has 1 heterocycles. The monoisotopic (exact) mass is 287 g/mol. The van der Waals surface area contributed by atoms with E-state index in [1.54, 1.807) is 7.11 Å². The molecular weight excluding hydrogens is 270 g/mol. The van der Waals surface area contributed by atoms with Crippen molar-refractivity contribution in [3.05, 3.63) is 21.1 Å². The quantitative estimate of drug-likeness (QED) is 0.437. The lowest BCUT2D eigenvalue weighted by Crippen LogP contribution is -2.25. The number of nitro groups is 1. The molecule has 0 fully saturated rings. The fourth-order valence-corrected chi connectivity index (χ4v) is 2.15. The van der Waals surface area contributed by atoms with E-state index in [2.05, 4.69) is 0 Å². The highest BCUT2D eigenvalue weighted by Crippen LogP contribution is 2.37. The Morgan fingerprint density at radius 1 is 1.53 bits per heavy atom. The molecule has 7 heteroatoms. The fraction of sp³-hybridized carbons (Fsp3) is 0.583. The number of nitrogens with zero attached hydrogens (tertiary/aromatic N) is 1. The Bertz CT molecular complexity index is 480. The maximum absolute atomic E-state index is 11.2. The molecule has 6 nitrogen and oxygen atoms in total. The van der Waals surface area contributed by atoms with Crippen molar-refractivity contribution >= 4 is 22.8 Å². The number of thiophene rings is 1. The second-order valence-electron chi connectivity index (χ2n) is 4.66. The van der Waals surface area contributed by atoms with Crippen LogP contribution in [-0.2, 0) is 4.74 Å². The highest BCUT2D eigenvalue weighted by molar-refractivity contribution is 7.16. The second-order valence-corrected chi connectivity index (χ2v) is 5.67. The van der Waals surface area contributed by atoms with Crippen molar-refractivity contribution in [1.29, 1.82) is 0 Å². The predicted octanol–water partition coefficient (Wildman–Crippen LogP) is 3.05. The minimum atomic E-state index is -0.542. The van der Waals surface area contributed by atoms with Crippen LogP contribution in [0.2, 0.25) is 0 Å². The molecule has 0 radical (unpaired) electrons. The van der Waals surface area contributed by atoms with Crippen molar-refractivity contribution in [1.82, 2.24) is 0 Å². The summed E-state index contributed by atoms with van der Waals surface area (Å²) in [6.07, 6.45) is 0.591. The van der Waals surface area contributed by atoms with E-state index in [0.29, 0.717) is 17.9 Å². The van der Waals surface area contributed by atoms with E-state index in [0.717, 1.165) is 11.3 Å². The van der Waals surface area contributed by atoms with Crippen LogP contribution in [0.4, 0.5) is 5.69 Å². The van der Waals surface area contributed by atoms with E-state index in [1.165, 1.54) is 13.0 Å². The van der Waals surface area contributed by atoms with Crippen molar-refractivity contribution in [3.8, 4) is 5.06 Å². The van der Waals surface area contributed by atoms with Gasteiger partial charge in [0.05, 0.1) is 22.0 Å². The molecule has 0 spiro atoms. The minimum absolute atomic E-state index is 0.162. The molecule has 0 atom stereocenters. The summed E-state index contributed by atoms with van der Waals surface area (Å²) in [6, 6.07) is 1.25. The van der Waals surface area contributed by atoms with Gasteiger partial charge in [0.1, 0.15) is 0 Å². The Kier molecular flexibility index (Phi) is 5.02. The zero-order valence-corrected chi connectivity index (χ0v) is 12.2. The van der Waals surface area contributed by atoms with Gasteiger partial charge in [-0.05, 0) is 20.8 Å². The van der Waals surface area contributed by atoms with Crippen molar-refractivity contribution in [2.24, 2.45) is 0 Å². The summed E-state index contributed by atoms with van der Waals surface area (Å²) in [5, 5.41) is 11.0. The number of Topliss-reactive ketones (excluding diaryl/α,β-unsaturated/α-hetero) is 1. The Balaban J connectivity index is 2.77. The first-order valence-corrected chi connectivity index (χ1v) is 6.55. The van der Waals surface area contributed by atoms with E-state index < -0.39 is 4.92 Å². The molecule has 0 amide bonds. The van der Waals surface area contributed by atoms with Gasteiger partial charge in [0, 0.05) is 19.6 Å². The van der Waals surface area contributed by atoms with Crippen molar-refractivity contribution in [2.45, 2.75) is 32.8 Å². The summed E-state index contributed by atoms with van der Waals surface area (Å²) in [5.74, 6) is -0.208. The van der Waals surface area contributed by atoms with Gasteiger partial charge in [-0.2, -0.15) is 0 Å². The van der Waals surface area contributed by atoms with E-state index in [-0.39, 0.29) is 22.1 Å². The topological polar surface area (TPSA) is 78.7 Å². The number of methoxy groups -OCH3 is 1. The average Bonchev–Trinajstić information content (AvgIpc) is 2.73. The molecule has 0 unspecified atom stereocenters. The molecule has 19 heavy (non-hydrogen) atoms. The molecular formula is C12H17NO5S. The molecule has 0 saturated carbocycles. The Labute approximate surface area is 115 Å². The van der Waals surface area contributed by atoms with Crippen LogP contribution in [-0.4, -0.2) is 30.0 Å². The molecule has 1 aromatic heterocycles. The van der Waals surface area contributed by atoms with Crippen LogP contribution in [0, 0.1) is 10.1 Å². The van der Waals surface area contributed by atoms with Gasteiger partial charge >= 0.3 is 5.69 Å². The van der Waals surface area contributed by atoms with E-state index >= 15 is 0 Å². The van der Waals surface area contributed by atoms with E-state index in [9.17, 15) is 14.9 Å². The Hall–Kier alpha value is -1.47. The first-order chi connectivity index (χ1) is 8.76. The van der Waals surface area contributed by atoms with Crippen LogP contribution in [0.1, 0.15) is 36.9 Å². The van der Waals surface area contributed by atoms with Crippen molar-refractivity contribution < 1.29 is 19.2 Å². The maximum Gasteiger partial charge on any atom is 0.323 e. The Morgan fingerprint density at radius 3 is 2.63 bits per heavy atom. The molecule has 0 bridgehead atoms. The third-order valence-electron chi connectivity index (χ3n) is 2.71. The molecule has 1 rings (SSSR count). The zero-order valence-electron chi connectivity index (χ0n) is 11.4. The Morgan fingerprint density at radius 2 is 2.16 bits per heavy atom. The maximum atomic E-state index is 11.2. The number of hydrogen-bond acceptors (Lipinski definition) is 6. The van der Waals surface area contributed by atoms with E-state index in [1.807, 2.05) is 13.8 Å². The van der Waals surface area contributed by atoms with Crippen LogP contribution >= 0.6 is 11.3 Å². The van der Waals surface area contributed by atoms with Gasteiger partial charge in [-0.3, -0.25) is 14.9 Å². The third-order valence-corrected chi connectivity index (χ3v) is 3.85. The van der Waals surface area contributed by atoms with Gasteiger partial charge < -0.3 is 9.47 Å². The number of carbonyl (C=O) groups is 1. The van der Waals surface area contributed by atoms with Crippen LogP contribution in [0.25, 0.3) is 0 Å². The number of ether oxygens (including phenoxy) is 2. The predicted molar refractivity (Wildman–Crippen MR) is 72.2 cm³/mol. The van der Waals surface area contributed by atoms with Crippen LogP contribution < -0.4 is 4.74 Å². The molecule has 0 aliphatic heterocycles. The first kappa shape index (κ1) is 15.6. The van der Waals surface area contributed by atoms with Gasteiger partial charge in [0.2, 0.25) is 0 Å². The summed E-state index contributed by atoms with van der Waals surface area (Å²) in [6.45, 7) is 5.47. The summed E-state index contributed by atoms with van der Waals surface area (Å²) in [4.78, 5) is 21.9. The van der Waals surface area contributed by atoms with Crippen LogP contribution in [0.15, 0.2) is 6.07 Å². The van der Waals surface area contributed by atoms with Crippen LogP contribution in [0.5, 0.6) is 5.06 Å². The van der Waals surface area contributed by atoms with E-state index in [4.69, 9.17) is 9.47 Å². The zero-order chi connectivity index (χ0) is 14.6. The lowest BCUT2D eigenvalue weighted by molar-refractivity contribution is -0.385. The lowest BCUT2D eigenvalue weighted by Gasteiger charge is -2.22. The number of hydrogen-bond donors (Lipinski definition) is 0. The van der Waals surface area contributed by atoms with Gasteiger partial charge in [-0.15, -0.1) is 0 Å². The number of carbonyl (C=O) groups excluding carboxylic acids is 1. The SMILES string of the molecule is COC(C)(C)CCOc1sc(C(C)=O)cc1[N+](=O)[O-]. The largest absolute Gasteiger partial charge is 0.479 e.